The third-order valence-corrected chi connectivity index (χ3v) is 3.83. The predicted octanol–water partition coefficient (Wildman–Crippen LogP) is -2.23. The number of carbonyl (C=O) groups is 1. The quantitative estimate of drug-likeness (QED) is 0.270. The summed E-state index contributed by atoms with van der Waals surface area (Å²) in [4.78, 5) is 10.8. The number of amides is 1. The van der Waals surface area contributed by atoms with Gasteiger partial charge in [0.05, 0.1) is 17.6 Å². The van der Waals surface area contributed by atoms with Crippen LogP contribution in [0.25, 0.3) is 0 Å². The Morgan fingerprint density at radius 1 is 1.54 bits per heavy atom. The number of nitrogens with two attached hydrogens (primary N) is 1. The van der Waals surface area contributed by atoms with Crippen LogP contribution in [0, 0.1) is 5.92 Å². The number of rotatable bonds is 2. The third kappa shape index (κ3) is 2.64. The molecule has 6 nitrogen and oxygen atoms in total. The Hall–Kier alpha value is -0.660. The average molecular weight is 208 g/mol. The van der Waals surface area contributed by atoms with Crippen LogP contribution in [0.15, 0.2) is 0 Å². The molecule has 1 rings (SSSR count). The van der Waals surface area contributed by atoms with Crippen LogP contribution >= 0.6 is 0 Å². The van der Waals surface area contributed by atoms with Crippen LogP contribution in [-0.2, 0) is 14.6 Å². The van der Waals surface area contributed by atoms with Gasteiger partial charge in [-0.2, -0.15) is 0 Å². The van der Waals surface area contributed by atoms with Crippen molar-refractivity contribution in [2.45, 2.75) is 12.5 Å². The van der Waals surface area contributed by atoms with Crippen molar-refractivity contribution in [1.29, 1.82) is 0 Å². The molecule has 1 saturated heterocycles. The van der Waals surface area contributed by atoms with E-state index in [-0.39, 0.29) is 17.9 Å². The van der Waals surface area contributed by atoms with Gasteiger partial charge in [-0.3, -0.25) is 10.2 Å². The second-order valence-electron chi connectivity index (χ2n) is 3.18. The number of hydrogen-bond donors (Lipinski definition) is 3. The van der Waals surface area contributed by atoms with Gasteiger partial charge in [-0.15, -0.1) is 0 Å². The number of carbonyl (C=O) groups excluding carboxylic acids is 1. The van der Waals surface area contributed by atoms with Gasteiger partial charge in [-0.25, -0.2) is 14.3 Å². The number of aliphatic hydroxyl groups is 1. The van der Waals surface area contributed by atoms with Crippen LogP contribution < -0.4 is 11.3 Å². The summed E-state index contributed by atoms with van der Waals surface area (Å²) >= 11 is 0. The highest BCUT2D eigenvalue weighted by atomic mass is 32.2. The Morgan fingerprint density at radius 2 is 2.15 bits per heavy atom. The van der Waals surface area contributed by atoms with E-state index in [9.17, 15) is 18.3 Å². The van der Waals surface area contributed by atoms with Crippen LogP contribution in [0.1, 0.15) is 6.42 Å². The summed E-state index contributed by atoms with van der Waals surface area (Å²) in [6, 6.07) is 0. The van der Waals surface area contributed by atoms with Gasteiger partial charge in [-0.05, 0) is 0 Å². The van der Waals surface area contributed by atoms with Gasteiger partial charge in [0.25, 0.3) is 0 Å². The number of hydrogen-bond acceptors (Lipinski definition) is 5. The Labute approximate surface area is 76.0 Å². The fourth-order valence-corrected chi connectivity index (χ4v) is 3.31. The Kier molecular flexibility index (Phi) is 2.89. The monoisotopic (exact) mass is 208 g/mol. The second kappa shape index (κ2) is 3.60. The molecular formula is C6H12N2O4S. The van der Waals surface area contributed by atoms with E-state index in [4.69, 9.17) is 5.84 Å². The molecule has 0 saturated carbocycles. The van der Waals surface area contributed by atoms with Crippen LogP contribution in [0.4, 0.5) is 0 Å². The van der Waals surface area contributed by atoms with Gasteiger partial charge < -0.3 is 5.11 Å². The Bertz CT molecular complexity index is 300. The van der Waals surface area contributed by atoms with E-state index in [0.717, 1.165) is 0 Å². The van der Waals surface area contributed by atoms with Crippen molar-refractivity contribution in [3.63, 3.8) is 0 Å². The zero-order valence-electron chi connectivity index (χ0n) is 6.93. The van der Waals surface area contributed by atoms with E-state index < -0.39 is 27.8 Å². The first kappa shape index (κ1) is 10.4. The summed E-state index contributed by atoms with van der Waals surface area (Å²) in [6.45, 7) is 0. The van der Waals surface area contributed by atoms with Crippen molar-refractivity contribution in [3.8, 4) is 0 Å². The molecule has 0 bridgehead atoms. The molecule has 1 aliphatic rings. The third-order valence-electron chi connectivity index (χ3n) is 2.05. The van der Waals surface area contributed by atoms with E-state index >= 15 is 0 Å². The van der Waals surface area contributed by atoms with Crippen molar-refractivity contribution in [1.82, 2.24) is 5.43 Å². The molecule has 0 aromatic heterocycles. The van der Waals surface area contributed by atoms with E-state index in [2.05, 4.69) is 0 Å². The van der Waals surface area contributed by atoms with Gasteiger partial charge in [0.2, 0.25) is 5.91 Å². The van der Waals surface area contributed by atoms with E-state index in [1.165, 1.54) is 0 Å². The molecular weight excluding hydrogens is 196 g/mol. The average Bonchev–Trinajstić information content (AvgIpc) is 2.24. The summed E-state index contributed by atoms with van der Waals surface area (Å²) in [5, 5.41) is 9.27. The highest BCUT2D eigenvalue weighted by molar-refractivity contribution is 7.91. The van der Waals surface area contributed by atoms with Crippen molar-refractivity contribution in [2.24, 2.45) is 11.8 Å². The summed E-state index contributed by atoms with van der Waals surface area (Å²) in [6.07, 6.45) is -0.987. The maximum atomic E-state index is 11.0. The maximum Gasteiger partial charge on any atom is 0.234 e. The molecule has 0 radical (unpaired) electrons. The van der Waals surface area contributed by atoms with Crippen molar-refractivity contribution in [3.05, 3.63) is 0 Å². The molecule has 76 valence electrons. The minimum Gasteiger partial charge on any atom is -0.392 e. The molecule has 4 N–H and O–H groups in total. The van der Waals surface area contributed by atoms with Gasteiger partial charge in [0.1, 0.15) is 0 Å². The lowest BCUT2D eigenvalue weighted by molar-refractivity contribution is -0.122. The minimum atomic E-state index is -3.17. The zero-order valence-corrected chi connectivity index (χ0v) is 7.75. The first-order chi connectivity index (χ1) is 5.94. The Balaban J connectivity index is 2.59. The van der Waals surface area contributed by atoms with Crippen molar-refractivity contribution < 1.29 is 18.3 Å². The van der Waals surface area contributed by atoms with E-state index in [1.54, 1.807) is 0 Å². The second-order valence-corrected chi connectivity index (χ2v) is 5.33. The lowest BCUT2D eigenvalue weighted by Gasteiger charge is -2.10. The first-order valence-corrected chi connectivity index (χ1v) is 5.64. The fourth-order valence-electron chi connectivity index (χ4n) is 1.39. The highest BCUT2D eigenvalue weighted by Gasteiger charge is 2.37. The van der Waals surface area contributed by atoms with Crippen LogP contribution in [0.2, 0.25) is 0 Å². The molecule has 7 heteroatoms. The van der Waals surface area contributed by atoms with Crippen LogP contribution in [0.3, 0.4) is 0 Å². The number of nitrogens with one attached hydrogen (secondary N) is 1. The standard InChI is InChI=1S/C6H12N2O4S/c7-8-6(10)1-4-2-13(11,12)3-5(4)9/h4-5,9H,1-3,7H2,(H,8,10)/t4-,5+/m0/s1. The zero-order chi connectivity index (χ0) is 10.1. The lowest BCUT2D eigenvalue weighted by Crippen LogP contribution is -2.33. The highest BCUT2D eigenvalue weighted by Crippen LogP contribution is 2.21. The molecule has 1 aliphatic heterocycles. The number of hydrazine groups is 1. The lowest BCUT2D eigenvalue weighted by atomic mass is 10.0. The maximum absolute atomic E-state index is 11.0. The van der Waals surface area contributed by atoms with E-state index in [0.29, 0.717) is 0 Å². The molecule has 0 aromatic rings. The molecule has 0 spiro atoms. The number of aliphatic hydroxyl groups excluding tert-OH is 1. The summed E-state index contributed by atoms with van der Waals surface area (Å²) in [5.74, 6) is 3.46. The molecule has 0 aromatic carbocycles. The summed E-state index contributed by atoms with van der Waals surface area (Å²) < 4.78 is 22.0. The molecule has 1 heterocycles. The summed E-state index contributed by atoms with van der Waals surface area (Å²) in [5.41, 5.74) is 1.89. The normalized spacial score (nSPS) is 31.5. The Morgan fingerprint density at radius 3 is 2.54 bits per heavy atom. The molecule has 13 heavy (non-hydrogen) atoms. The van der Waals surface area contributed by atoms with Gasteiger partial charge in [0, 0.05) is 12.3 Å². The molecule has 2 atom stereocenters. The predicted molar refractivity (Wildman–Crippen MR) is 45.1 cm³/mol. The summed E-state index contributed by atoms with van der Waals surface area (Å²) in [7, 11) is -3.17. The van der Waals surface area contributed by atoms with Gasteiger partial charge >= 0.3 is 0 Å². The van der Waals surface area contributed by atoms with Crippen molar-refractivity contribution >= 4 is 15.7 Å². The van der Waals surface area contributed by atoms with Crippen LogP contribution in [-0.4, -0.2) is 37.0 Å². The number of sulfone groups is 1. The molecule has 0 unspecified atom stereocenters. The largest absolute Gasteiger partial charge is 0.392 e. The van der Waals surface area contributed by atoms with Crippen LogP contribution in [0.5, 0.6) is 0 Å². The minimum absolute atomic E-state index is 0.0447. The molecule has 1 fully saturated rings. The van der Waals surface area contributed by atoms with E-state index in [1.807, 2.05) is 5.43 Å². The molecule has 1 amide bonds. The smallest absolute Gasteiger partial charge is 0.234 e. The van der Waals surface area contributed by atoms with Gasteiger partial charge in [-0.1, -0.05) is 0 Å². The van der Waals surface area contributed by atoms with Gasteiger partial charge in [0.15, 0.2) is 9.84 Å². The topological polar surface area (TPSA) is 109 Å². The fraction of sp³-hybridized carbons (Fsp3) is 0.833. The molecule has 0 aliphatic carbocycles. The van der Waals surface area contributed by atoms with Crippen molar-refractivity contribution in [2.75, 3.05) is 11.5 Å². The SMILES string of the molecule is NNC(=O)C[C@H]1CS(=O)(=O)C[C@H]1O. The first-order valence-electron chi connectivity index (χ1n) is 3.82.